The highest BCUT2D eigenvalue weighted by molar-refractivity contribution is 4.83. The van der Waals surface area contributed by atoms with Gasteiger partial charge in [0.25, 0.3) is 0 Å². The van der Waals surface area contributed by atoms with Crippen molar-refractivity contribution in [2.24, 2.45) is 5.92 Å². The summed E-state index contributed by atoms with van der Waals surface area (Å²) >= 11 is 0. The molecular weight excluding hydrogens is 176 g/mol. The first-order valence-electron chi connectivity index (χ1n) is 6.07. The number of ether oxygens (including phenoxy) is 2. The molecule has 0 bridgehead atoms. The van der Waals surface area contributed by atoms with Gasteiger partial charge in [0.1, 0.15) is 0 Å². The van der Waals surface area contributed by atoms with Gasteiger partial charge >= 0.3 is 0 Å². The van der Waals surface area contributed by atoms with E-state index in [9.17, 15) is 0 Å². The van der Waals surface area contributed by atoms with Crippen LogP contribution in [0, 0.1) is 5.92 Å². The Bertz CT molecular complexity index is 185. The van der Waals surface area contributed by atoms with Crippen LogP contribution in [0.2, 0.25) is 0 Å². The maximum absolute atomic E-state index is 6.12. The van der Waals surface area contributed by atoms with E-state index in [1.165, 1.54) is 25.7 Å². The summed E-state index contributed by atoms with van der Waals surface area (Å²) in [6, 6.07) is 0. The second kappa shape index (κ2) is 4.19. The van der Waals surface area contributed by atoms with E-state index in [0.29, 0.717) is 12.0 Å². The molecule has 0 radical (unpaired) electrons. The molecule has 82 valence electrons. The molecular formula is C12H22O2. The Kier molecular flexibility index (Phi) is 3.13. The molecule has 2 nitrogen and oxygen atoms in total. The molecule has 2 atom stereocenters. The van der Waals surface area contributed by atoms with Gasteiger partial charge in [-0.1, -0.05) is 26.7 Å². The van der Waals surface area contributed by atoms with Crippen molar-refractivity contribution in [1.29, 1.82) is 0 Å². The summed E-state index contributed by atoms with van der Waals surface area (Å²) < 4.78 is 12.0. The fraction of sp³-hybridized carbons (Fsp3) is 1.00. The third-order valence-electron chi connectivity index (χ3n) is 3.77. The van der Waals surface area contributed by atoms with Crippen molar-refractivity contribution in [2.45, 2.75) is 64.3 Å². The van der Waals surface area contributed by atoms with E-state index < -0.39 is 0 Å². The maximum Gasteiger partial charge on any atom is 0.168 e. The van der Waals surface area contributed by atoms with Crippen LogP contribution in [0.3, 0.4) is 0 Å². The standard InChI is InChI=1S/C12H22O2/c1-3-10(2)11-9-13-12(14-11)7-5-4-6-8-12/h10-11H,3-9H2,1-2H3/t10-,11?/m0/s1. The Labute approximate surface area is 87.0 Å². The first-order chi connectivity index (χ1) is 6.76. The largest absolute Gasteiger partial charge is 0.347 e. The average Bonchev–Trinajstić information content (AvgIpc) is 2.62. The molecule has 2 fully saturated rings. The van der Waals surface area contributed by atoms with Crippen molar-refractivity contribution in [3.63, 3.8) is 0 Å². The smallest absolute Gasteiger partial charge is 0.168 e. The molecule has 1 aliphatic carbocycles. The van der Waals surface area contributed by atoms with Crippen LogP contribution in [0.4, 0.5) is 0 Å². The van der Waals surface area contributed by atoms with Crippen LogP contribution in [0.25, 0.3) is 0 Å². The highest BCUT2D eigenvalue weighted by Crippen LogP contribution is 2.39. The molecule has 1 spiro atoms. The van der Waals surface area contributed by atoms with Crippen LogP contribution in [0.5, 0.6) is 0 Å². The molecule has 1 saturated heterocycles. The number of hydrogen-bond acceptors (Lipinski definition) is 2. The van der Waals surface area contributed by atoms with Crippen molar-refractivity contribution < 1.29 is 9.47 Å². The molecule has 1 saturated carbocycles. The third kappa shape index (κ3) is 1.96. The lowest BCUT2D eigenvalue weighted by Gasteiger charge is -2.32. The zero-order valence-electron chi connectivity index (χ0n) is 9.42. The third-order valence-corrected chi connectivity index (χ3v) is 3.77. The molecule has 0 aromatic carbocycles. The number of hydrogen-bond donors (Lipinski definition) is 0. The predicted octanol–water partition coefficient (Wildman–Crippen LogP) is 3.11. The Morgan fingerprint density at radius 3 is 2.64 bits per heavy atom. The van der Waals surface area contributed by atoms with Crippen LogP contribution in [-0.2, 0) is 9.47 Å². The molecule has 2 heteroatoms. The second-order valence-corrected chi connectivity index (χ2v) is 4.82. The van der Waals surface area contributed by atoms with Crippen LogP contribution >= 0.6 is 0 Å². The quantitative estimate of drug-likeness (QED) is 0.678. The van der Waals surface area contributed by atoms with Crippen LogP contribution in [0.15, 0.2) is 0 Å². The van der Waals surface area contributed by atoms with Gasteiger partial charge in [-0.2, -0.15) is 0 Å². The van der Waals surface area contributed by atoms with Crippen molar-refractivity contribution in [3.05, 3.63) is 0 Å². The molecule has 0 aromatic heterocycles. The Morgan fingerprint density at radius 1 is 1.29 bits per heavy atom. The van der Waals surface area contributed by atoms with Gasteiger partial charge < -0.3 is 9.47 Å². The molecule has 0 aromatic rings. The van der Waals surface area contributed by atoms with E-state index in [4.69, 9.17) is 9.47 Å². The first kappa shape index (κ1) is 10.4. The summed E-state index contributed by atoms with van der Waals surface area (Å²) in [5, 5.41) is 0. The van der Waals surface area contributed by atoms with Gasteiger partial charge in [-0.25, -0.2) is 0 Å². The monoisotopic (exact) mass is 198 g/mol. The minimum atomic E-state index is -0.174. The second-order valence-electron chi connectivity index (χ2n) is 4.82. The Balaban J connectivity index is 1.92. The normalized spacial score (nSPS) is 33.4. The summed E-state index contributed by atoms with van der Waals surface area (Å²) in [4.78, 5) is 0. The molecule has 2 aliphatic rings. The zero-order valence-corrected chi connectivity index (χ0v) is 9.42. The predicted molar refractivity (Wildman–Crippen MR) is 56.1 cm³/mol. The lowest BCUT2D eigenvalue weighted by Crippen LogP contribution is -2.34. The topological polar surface area (TPSA) is 18.5 Å². The first-order valence-corrected chi connectivity index (χ1v) is 6.07. The van der Waals surface area contributed by atoms with Gasteiger partial charge in [0.05, 0.1) is 12.7 Å². The van der Waals surface area contributed by atoms with Gasteiger partial charge in [0.15, 0.2) is 5.79 Å². The van der Waals surface area contributed by atoms with Crippen LogP contribution in [-0.4, -0.2) is 18.5 Å². The summed E-state index contributed by atoms with van der Waals surface area (Å²) in [7, 11) is 0. The molecule has 0 N–H and O–H groups in total. The van der Waals surface area contributed by atoms with Crippen molar-refractivity contribution in [3.8, 4) is 0 Å². The molecule has 1 heterocycles. The average molecular weight is 198 g/mol. The minimum absolute atomic E-state index is 0.174. The van der Waals surface area contributed by atoms with Gasteiger partial charge in [-0.05, 0) is 18.8 Å². The highest BCUT2D eigenvalue weighted by Gasteiger charge is 2.43. The van der Waals surface area contributed by atoms with Gasteiger partial charge in [-0.15, -0.1) is 0 Å². The van der Waals surface area contributed by atoms with Crippen LogP contribution < -0.4 is 0 Å². The number of rotatable bonds is 2. The van der Waals surface area contributed by atoms with Crippen molar-refractivity contribution in [1.82, 2.24) is 0 Å². The summed E-state index contributed by atoms with van der Waals surface area (Å²) in [5.74, 6) is 0.461. The summed E-state index contributed by atoms with van der Waals surface area (Å²) in [6.07, 6.45) is 7.64. The molecule has 14 heavy (non-hydrogen) atoms. The lowest BCUT2D eigenvalue weighted by atomic mass is 9.94. The lowest BCUT2D eigenvalue weighted by molar-refractivity contribution is -0.191. The highest BCUT2D eigenvalue weighted by atomic mass is 16.7. The minimum Gasteiger partial charge on any atom is -0.347 e. The summed E-state index contributed by atoms with van der Waals surface area (Å²) in [6.45, 7) is 5.30. The van der Waals surface area contributed by atoms with Gasteiger partial charge in [0.2, 0.25) is 0 Å². The van der Waals surface area contributed by atoms with E-state index >= 15 is 0 Å². The maximum atomic E-state index is 6.12. The van der Waals surface area contributed by atoms with Crippen molar-refractivity contribution in [2.75, 3.05) is 6.61 Å². The fourth-order valence-corrected chi connectivity index (χ4v) is 2.47. The van der Waals surface area contributed by atoms with E-state index in [2.05, 4.69) is 13.8 Å². The fourth-order valence-electron chi connectivity index (χ4n) is 2.47. The Morgan fingerprint density at radius 2 is 2.00 bits per heavy atom. The van der Waals surface area contributed by atoms with Gasteiger partial charge in [0, 0.05) is 12.8 Å². The zero-order chi connectivity index (χ0) is 10.0. The van der Waals surface area contributed by atoms with E-state index in [0.717, 1.165) is 19.4 Å². The summed E-state index contributed by atoms with van der Waals surface area (Å²) in [5.41, 5.74) is 0. The SMILES string of the molecule is CC[C@H](C)C1COC2(CCCCC2)O1. The molecule has 0 amide bonds. The van der Waals surface area contributed by atoms with Crippen LogP contribution in [0.1, 0.15) is 52.4 Å². The van der Waals surface area contributed by atoms with Crippen molar-refractivity contribution >= 4 is 0 Å². The molecule has 2 rings (SSSR count). The van der Waals surface area contributed by atoms with E-state index in [-0.39, 0.29) is 5.79 Å². The Hall–Kier alpha value is -0.0800. The molecule has 1 aliphatic heterocycles. The van der Waals surface area contributed by atoms with E-state index in [1.807, 2.05) is 0 Å². The van der Waals surface area contributed by atoms with Gasteiger partial charge in [-0.3, -0.25) is 0 Å². The van der Waals surface area contributed by atoms with E-state index in [1.54, 1.807) is 0 Å². The molecule has 1 unspecified atom stereocenters.